The zero-order valence-corrected chi connectivity index (χ0v) is 21.9. The molecule has 1 fully saturated rings. The third-order valence-corrected chi connectivity index (χ3v) is 7.33. The smallest absolute Gasteiger partial charge is 0.355 e. The van der Waals surface area contributed by atoms with Gasteiger partial charge in [0, 0.05) is 16.7 Å². The Bertz CT molecular complexity index is 1300. The van der Waals surface area contributed by atoms with E-state index in [2.05, 4.69) is 15.5 Å². The number of esters is 1. The van der Waals surface area contributed by atoms with Gasteiger partial charge < -0.3 is 25.4 Å². The number of para-hydroxylation sites is 1. The molecule has 0 spiro atoms. The molecule has 1 aromatic heterocycles. The van der Waals surface area contributed by atoms with Gasteiger partial charge in [-0.1, -0.05) is 23.4 Å². The lowest BCUT2D eigenvalue weighted by Gasteiger charge is -2.48. The number of rotatable bonds is 9. The van der Waals surface area contributed by atoms with Crippen LogP contribution < -0.4 is 15.8 Å². The molecule has 2 aliphatic heterocycles. The molecule has 3 N–H and O–H groups in total. The molecule has 2 atom stereocenters. The number of thiazole rings is 1. The van der Waals surface area contributed by atoms with Crippen LogP contribution in [0.3, 0.4) is 0 Å². The van der Waals surface area contributed by atoms with E-state index in [0.29, 0.717) is 11.5 Å². The predicted octanol–water partition coefficient (Wildman–Crippen LogP) is 2.01. The fraction of sp³-hybridized carbons (Fsp3) is 0.292. The maximum atomic E-state index is 12.9. The predicted molar refractivity (Wildman–Crippen MR) is 141 cm³/mol. The Morgan fingerprint density at radius 2 is 2.11 bits per heavy atom. The maximum absolute atomic E-state index is 12.9. The highest BCUT2D eigenvalue weighted by Gasteiger charge is 2.53. The number of hydrogen-bond donors (Lipinski definition) is 2. The van der Waals surface area contributed by atoms with Crippen molar-refractivity contribution in [1.82, 2.24) is 15.2 Å². The first-order chi connectivity index (χ1) is 17.8. The lowest BCUT2D eigenvalue weighted by molar-refractivity contribution is -0.152. The van der Waals surface area contributed by atoms with E-state index in [1.807, 2.05) is 37.3 Å². The van der Waals surface area contributed by atoms with Crippen LogP contribution >= 0.6 is 23.1 Å². The number of nitrogen functional groups attached to an aromatic ring is 1. The molecule has 2 aliphatic rings. The number of hydrogen-bond acceptors (Lipinski definition) is 11. The van der Waals surface area contributed by atoms with Crippen LogP contribution in [0.1, 0.15) is 18.2 Å². The summed E-state index contributed by atoms with van der Waals surface area (Å²) in [5.41, 5.74) is 7.61. The number of carbonyl (C=O) groups excluding carboxylic acids is 3. The van der Waals surface area contributed by atoms with E-state index >= 15 is 0 Å². The minimum Gasteiger partial charge on any atom is -0.496 e. The van der Waals surface area contributed by atoms with Gasteiger partial charge in [-0.05, 0) is 30.7 Å². The summed E-state index contributed by atoms with van der Waals surface area (Å²) in [7, 11) is 2.89. The van der Waals surface area contributed by atoms with Gasteiger partial charge in [0.05, 0.1) is 7.11 Å². The minimum atomic E-state index is -0.848. The summed E-state index contributed by atoms with van der Waals surface area (Å²) in [5, 5.41) is 7.78. The number of nitrogens with one attached hydrogen (secondary N) is 1. The van der Waals surface area contributed by atoms with E-state index in [1.165, 1.54) is 23.8 Å². The molecule has 2 amide bonds. The number of amides is 2. The van der Waals surface area contributed by atoms with Crippen molar-refractivity contribution in [1.29, 1.82) is 0 Å². The highest BCUT2D eigenvalue weighted by molar-refractivity contribution is 8.00. The van der Waals surface area contributed by atoms with Gasteiger partial charge in [-0.2, -0.15) is 0 Å². The molecule has 13 heteroatoms. The first kappa shape index (κ1) is 26.2. The highest BCUT2D eigenvalue weighted by Crippen LogP contribution is 2.38. The van der Waals surface area contributed by atoms with Gasteiger partial charge >= 0.3 is 5.97 Å². The summed E-state index contributed by atoms with van der Waals surface area (Å²) in [6.45, 7) is 1.88. The van der Waals surface area contributed by atoms with E-state index in [-0.39, 0.29) is 28.8 Å². The molecule has 0 aliphatic carbocycles. The number of fused-ring (bicyclic) bond motifs is 1. The number of carbonyl (C=O) groups is 3. The number of β-lactam (4-membered cyclic amide) rings is 1. The van der Waals surface area contributed by atoms with Crippen LogP contribution in [0, 0.1) is 0 Å². The molecule has 11 nitrogen and oxygen atoms in total. The number of nitrogens with zero attached hydrogens (tertiary/aromatic N) is 3. The fourth-order valence-corrected chi connectivity index (χ4v) is 5.52. The van der Waals surface area contributed by atoms with Crippen molar-refractivity contribution in [3.63, 3.8) is 0 Å². The summed E-state index contributed by atoms with van der Waals surface area (Å²) in [6, 6.07) is 6.65. The van der Waals surface area contributed by atoms with Crippen molar-refractivity contribution in [2.75, 3.05) is 32.3 Å². The monoisotopic (exact) mass is 543 g/mol. The molecule has 1 saturated heterocycles. The quantitative estimate of drug-likeness (QED) is 0.210. The topological polar surface area (TPSA) is 145 Å². The van der Waals surface area contributed by atoms with E-state index in [1.54, 1.807) is 18.6 Å². The van der Waals surface area contributed by atoms with Crippen molar-refractivity contribution < 1.29 is 28.7 Å². The summed E-state index contributed by atoms with van der Waals surface area (Å²) in [5.74, 6) is -0.496. The van der Waals surface area contributed by atoms with Gasteiger partial charge in [0.25, 0.3) is 11.8 Å². The zero-order chi connectivity index (χ0) is 26.5. The molecule has 37 heavy (non-hydrogen) atoms. The molecule has 0 radical (unpaired) electrons. The number of thioether (sulfide) groups is 1. The number of benzene rings is 1. The lowest BCUT2D eigenvalue weighted by atomic mass is 10.0. The van der Waals surface area contributed by atoms with Crippen LogP contribution in [-0.4, -0.2) is 71.4 Å². The third kappa shape index (κ3) is 5.62. The van der Waals surface area contributed by atoms with Gasteiger partial charge in [0.2, 0.25) is 0 Å². The van der Waals surface area contributed by atoms with Gasteiger partial charge in [0.1, 0.15) is 42.3 Å². The molecular weight excluding hydrogens is 518 g/mol. The van der Waals surface area contributed by atoms with Crippen molar-refractivity contribution in [3.8, 4) is 5.75 Å². The molecule has 0 bridgehead atoms. The Kier molecular flexibility index (Phi) is 8.14. The minimum absolute atomic E-state index is 0.0435. The molecule has 1 unspecified atom stereocenters. The van der Waals surface area contributed by atoms with Crippen LogP contribution in [0.2, 0.25) is 0 Å². The number of aromatic nitrogens is 1. The third-order valence-electron chi connectivity index (χ3n) is 5.48. The lowest BCUT2D eigenvalue weighted by Crippen LogP contribution is -2.70. The molecule has 0 saturated carbocycles. The molecular formula is C24H25N5O6S2. The van der Waals surface area contributed by atoms with Crippen LogP contribution in [0.4, 0.5) is 5.13 Å². The maximum Gasteiger partial charge on any atom is 0.355 e. The zero-order valence-electron chi connectivity index (χ0n) is 20.3. The van der Waals surface area contributed by atoms with Gasteiger partial charge in [0.15, 0.2) is 10.8 Å². The second-order valence-electron chi connectivity index (χ2n) is 7.97. The Hall–Kier alpha value is -3.84. The van der Waals surface area contributed by atoms with Gasteiger partial charge in [-0.25, -0.2) is 9.78 Å². The largest absolute Gasteiger partial charge is 0.496 e. The average molecular weight is 544 g/mol. The Morgan fingerprint density at radius 1 is 1.32 bits per heavy atom. The number of methoxy groups -OCH3 is 1. The van der Waals surface area contributed by atoms with Crippen LogP contribution in [0.25, 0.3) is 6.08 Å². The van der Waals surface area contributed by atoms with E-state index in [0.717, 1.165) is 22.5 Å². The van der Waals surface area contributed by atoms with Crippen molar-refractivity contribution in [3.05, 3.63) is 58.2 Å². The summed E-state index contributed by atoms with van der Waals surface area (Å²) >= 11 is 2.57. The summed E-state index contributed by atoms with van der Waals surface area (Å²) in [6.07, 6.45) is 3.52. The second kappa shape index (κ2) is 11.5. The normalized spacial score (nSPS) is 19.4. The number of nitrogens with two attached hydrogens (primary N) is 1. The second-order valence-corrected chi connectivity index (χ2v) is 10.0. The van der Waals surface area contributed by atoms with Crippen molar-refractivity contribution in [2.45, 2.75) is 18.3 Å². The van der Waals surface area contributed by atoms with E-state index < -0.39 is 29.2 Å². The Morgan fingerprint density at radius 3 is 2.81 bits per heavy atom. The van der Waals surface area contributed by atoms with Crippen molar-refractivity contribution in [2.24, 2.45) is 5.16 Å². The molecule has 4 rings (SSSR count). The number of ether oxygens (including phenoxy) is 2. The SMILES string of the molecule is CON=C(C(=O)NC1C(=O)N2C(C(=O)OCC(C)=Cc3ccccc3OC)=CCS[C@@H]12)c1csc(N)n1. The highest BCUT2D eigenvalue weighted by atomic mass is 32.2. The van der Waals surface area contributed by atoms with Crippen molar-refractivity contribution >= 4 is 57.8 Å². The molecule has 1 aromatic carbocycles. The van der Waals surface area contributed by atoms with Gasteiger partial charge in [-0.3, -0.25) is 14.5 Å². The number of oxime groups is 1. The van der Waals surface area contributed by atoms with E-state index in [4.69, 9.17) is 20.0 Å². The first-order valence-electron chi connectivity index (χ1n) is 11.1. The number of anilines is 1. The van der Waals surface area contributed by atoms with Crippen LogP contribution in [0.15, 0.2) is 52.1 Å². The standard InChI is InChI=1S/C24H25N5O6S2/c1-13(10-14-6-4-5-7-17(14)33-2)11-35-23(32)16-8-9-36-22-19(21(31)29(16)22)27-20(30)18(28-34-3)15-12-37-24(25)26-15/h4-8,10,12,19,22H,9,11H2,1-3H3,(H2,25,26)(H,27,30)/t19?,22-/m0/s1. The molecule has 194 valence electrons. The van der Waals surface area contributed by atoms with Crippen LogP contribution in [0.5, 0.6) is 5.75 Å². The van der Waals surface area contributed by atoms with E-state index in [9.17, 15) is 14.4 Å². The Labute approximate surface area is 221 Å². The molecule has 3 heterocycles. The van der Waals surface area contributed by atoms with Crippen LogP contribution in [-0.2, 0) is 24.0 Å². The summed E-state index contributed by atoms with van der Waals surface area (Å²) < 4.78 is 10.8. The fourth-order valence-electron chi connectivity index (χ4n) is 3.78. The average Bonchev–Trinajstić information content (AvgIpc) is 3.34. The summed E-state index contributed by atoms with van der Waals surface area (Å²) in [4.78, 5) is 48.8. The Balaban J connectivity index is 1.38. The molecule has 2 aromatic rings. The first-order valence-corrected chi connectivity index (χ1v) is 13.0. The van der Waals surface area contributed by atoms with Gasteiger partial charge in [-0.15, -0.1) is 23.1 Å².